The van der Waals surface area contributed by atoms with Crippen LogP contribution in [-0.4, -0.2) is 17.9 Å². The van der Waals surface area contributed by atoms with Gasteiger partial charge in [0.25, 0.3) is 0 Å². The zero-order valence-corrected chi connectivity index (χ0v) is 9.82. The van der Waals surface area contributed by atoms with Gasteiger partial charge in [0.1, 0.15) is 0 Å². The Kier molecular flexibility index (Phi) is 4.14. The summed E-state index contributed by atoms with van der Waals surface area (Å²) >= 11 is 3.42. The molecule has 2 atom stereocenters. The zero-order chi connectivity index (χ0) is 10.6. The standard InChI is InChI=1S/C11H13BrO2/c1-8(12)10(11(13)14-2)9-6-4-3-5-7-9/h3-8,10H,1-2H3. The molecule has 0 N–H and O–H groups in total. The number of methoxy groups -OCH3 is 1. The van der Waals surface area contributed by atoms with E-state index in [0.29, 0.717) is 0 Å². The molecule has 1 aromatic rings. The largest absolute Gasteiger partial charge is 0.469 e. The number of halogens is 1. The Morgan fingerprint density at radius 1 is 1.36 bits per heavy atom. The Balaban J connectivity index is 2.95. The van der Waals surface area contributed by atoms with E-state index in [2.05, 4.69) is 15.9 Å². The first-order valence-electron chi connectivity index (χ1n) is 4.43. The molecule has 0 spiro atoms. The lowest BCUT2D eigenvalue weighted by molar-refractivity contribution is -0.142. The van der Waals surface area contributed by atoms with E-state index in [9.17, 15) is 4.79 Å². The maximum atomic E-state index is 11.5. The molecule has 0 radical (unpaired) electrons. The summed E-state index contributed by atoms with van der Waals surface area (Å²) in [5, 5.41) is 0. The van der Waals surface area contributed by atoms with Crippen LogP contribution in [0.2, 0.25) is 0 Å². The first kappa shape index (κ1) is 11.2. The van der Waals surface area contributed by atoms with Crippen molar-refractivity contribution in [1.29, 1.82) is 0 Å². The van der Waals surface area contributed by atoms with Crippen LogP contribution in [0.15, 0.2) is 30.3 Å². The highest BCUT2D eigenvalue weighted by Crippen LogP contribution is 2.25. The summed E-state index contributed by atoms with van der Waals surface area (Å²) in [5.41, 5.74) is 0.976. The van der Waals surface area contributed by atoms with Gasteiger partial charge in [-0.3, -0.25) is 4.79 Å². The summed E-state index contributed by atoms with van der Waals surface area (Å²) in [7, 11) is 1.41. The van der Waals surface area contributed by atoms with Crippen molar-refractivity contribution in [2.75, 3.05) is 7.11 Å². The highest BCUT2D eigenvalue weighted by atomic mass is 79.9. The van der Waals surface area contributed by atoms with E-state index in [1.54, 1.807) is 0 Å². The molecule has 2 unspecified atom stereocenters. The Bertz CT molecular complexity index is 295. The molecule has 0 fully saturated rings. The number of alkyl halides is 1. The normalized spacial score (nSPS) is 14.5. The molecule has 0 aliphatic carbocycles. The van der Waals surface area contributed by atoms with E-state index in [1.165, 1.54) is 7.11 Å². The van der Waals surface area contributed by atoms with Crippen LogP contribution >= 0.6 is 15.9 Å². The van der Waals surface area contributed by atoms with Gasteiger partial charge >= 0.3 is 5.97 Å². The van der Waals surface area contributed by atoms with E-state index < -0.39 is 0 Å². The molecule has 76 valence electrons. The van der Waals surface area contributed by atoms with Crippen LogP contribution in [0.4, 0.5) is 0 Å². The molecule has 0 bridgehead atoms. The van der Waals surface area contributed by atoms with E-state index >= 15 is 0 Å². The monoisotopic (exact) mass is 256 g/mol. The molecule has 0 aliphatic rings. The van der Waals surface area contributed by atoms with Gasteiger partial charge in [0, 0.05) is 4.83 Å². The van der Waals surface area contributed by atoms with Crippen molar-refractivity contribution >= 4 is 21.9 Å². The third-order valence-electron chi connectivity index (χ3n) is 2.07. The Labute approximate surface area is 92.4 Å². The summed E-state index contributed by atoms with van der Waals surface area (Å²) in [6, 6.07) is 9.62. The lowest BCUT2D eigenvalue weighted by Crippen LogP contribution is -2.21. The predicted molar refractivity (Wildman–Crippen MR) is 59.6 cm³/mol. The van der Waals surface area contributed by atoms with Crippen LogP contribution in [0.5, 0.6) is 0 Å². The van der Waals surface area contributed by atoms with E-state index in [0.717, 1.165) is 5.56 Å². The van der Waals surface area contributed by atoms with Crippen LogP contribution in [0, 0.1) is 0 Å². The molecule has 3 heteroatoms. The SMILES string of the molecule is COC(=O)C(c1ccccc1)C(C)Br. The average Bonchev–Trinajstić information content (AvgIpc) is 2.19. The van der Waals surface area contributed by atoms with E-state index in [1.807, 2.05) is 37.3 Å². The first-order chi connectivity index (χ1) is 6.66. The van der Waals surface area contributed by atoms with Crippen molar-refractivity contribution in [2.24, 2.45) is 0 Å². The number of esters is 1. The molecule has 14 heavy (non-hydrogen) atoms. The summed E-state index contributed by atoms with van der Waals surface area (Å²) < 4.78 is 4.76. The van der Waals surface area contributed by atoms with Crippen LogP contribution < -0.4 is 0 Å². The van der Waals surface area contributed by atoms with E-state index in [-0.39, 0.29) is 16.7 Å². The summed E-state index contributed by atoms with van der Waals surface area (Å²) in [5.74, 6) is -0.443. The molecule has 0 saturated heterocycles. The molecule has 1 aromatic carbocycles. The van der Waals surface area contributed by atoms with Crippen molar-refractivity contribution in [3.05, 3.63) is 35.9 Å². The Morgan fingerprint density at radius 3 is 2.36 bits per heavy atom. The van der Waals surface area contributed by atoms with Crippen LogP contribution in [0.1, 0.15) is 18.4 Å². The molecule has 0 heterocycles. The van der Waals surface area contributed by atoms with E-state index in [4.69, 9.17) is 4.74 Å². The zero-order valence-electron chi connectivity index (χ0n) is 8.24. The maximum absolute atomic E-state index is 11.5. The number of hydrogen-bond acceptors (Lipinski definition) is 2. The highest BCUT2D eigenvalue weighted by Gasteiger charge is 2.25. The molecule has 0 saturated carbocycles. The minimum Gasteiger partial charge on any atom is -0.469 e. The molecular weight excluding hydrogens is 244 g/mol. The van der Waals surface area contributed by atoms with Gasteiger partial charge in [-0.05, 0) is 5.56 Å². The summed E-state index contributed by atoms with van der Waals surface area (Å²) in [4.78, 5) is 11.6. The van der Waals surface area contributed by atoms with Gasteiger partial charge in [-0.1, -0.05) is 53.2 Å². The number of hydrogen-bond donors (Lipinski definition) is 0. The lowest BCUT2D eigenvalue weighted by Gasteiger charge is -2.17. The van der Waals surface area contributed by atoms with Gasteiger partial charge in [0.2, 0.25) is 0 Å². The molecule has 0 aliphatic heterocycles. The van der Waals surface area contributed by atoms with Crippen LogP contribution in [0.3, 0.4) is 0 Å². The fourth-order valence-electron chi connectivity index (χ4n) is 1.38. The average molecular weight is 257 g/mol. The fourth-order valence-corrected chi connectivity index (χ4v) is 1.90. The van der Waals surface area contributed by atoms with Gasteiger partial charge in [-0.15, -0.1) is 0 Å². The van der Waals surface area contributed by atoms with Gasteiger partial charge < -0.3 is 4.74 Å². The van der Waals surface area contributed by atoms with Gasteiger partial charge in [-0.25, -0.2) is 0 Å². The quantitative estimate of drug-likeness (QED) is 0.614. The number of carbonyl (C=O) groups excluding carboxylic acids is 1. The first-order valence-corrected chi connectivity index (χ1v) is 5.35. The van der Waals surface area contributed by atoms with Gasteiger partial charge in [0.15, 0.2) is 0 Å². The van der Waals surface area contributed by atoms with Crippen molar-refractivity contribution < 1.29 is 9.53 Å². The second-order valence-corrected chi connectivity index (χ2v) is 4.53. The number of carbonyl (C=O) groups is 1. The van der Waals surface area contributed by atoms with Crippen molar-refractivity contribution in [1.82, 2.24) is 0 Å². The lowest BCUT2D eigenvalue weighted by atomic mass is 9.97. The maximum Gasteiger partial charge on any atom is 0.314 e. The Hall–Kier alpha value is -0.830. The Morgan fingerprint density at radius 2 is 1.93 bits per heavy atom. The minimum atomic E-state index is -0.235. The molecule has 1 rings (SSSR count). The molecule has 0 aromatic heterocycles. The smallest absolute Gasteiger partial charge is 0.314 e. The minimum absolute atomic E-state index is 0.0670. The molecule has 0 amide bonds. The van der Waals surface area contributed by atoms with Gasteiger partial charge in [0.05, 0.1) is 13.0 Å². The predicted octanol–water partition coefficient (Wildman–Crippen LogP) is 2.73. The topological polar surface area (TPSA) is 26.3 Å². The third-order valence-corrected chi connectivity index (χ3v) is 2.60. The van der Waals surface area contributed by atoms with Crippen LogP contribution in [-0.2, 0) is 9.53 Å². The van der Waals surface area contributed by atoms with Crippen LogP contribution in [0.25, 0.3) is 0 Å². The number of benzene rings is 1. The summed E-state index contributed by atoms with van der Waals surface area (Å²) in [6.45, 7) is 1.94. The van der Waals surface area contributed by atoms with Crippen molar-refractivity contribution in [3.8, 4) is 0 Å². The highest BCUT2D eigenvalue weighted by molar-refractivity contribution is 9.09. The fraction of sp³-hybridized carbons (Fsp3) is 0.364. The summed E-state index contributed by atoms with van der Waals surface area (Å²) in [6.07, 6.45) is 0. The second-order valence-electron chi connectivity index (χ2n) is 3.09. The number of ether oxygens (including phenoxy) is 1. The third kappa shape index (κ3) is 2.58. The second kappa shape index (κ2) is 5.15. The molecule has 2 nitrogen and oxygen atoms in total. The van der Waals surface area contributed by atoms with Crippen molar-refractivity contribution in [2.45, 2.75) is 17.7 Å². The van der Waals surface area contributed by atoms with Gasteiger partial charge in [-0.2, -0.15) is 0 Å². The van der Waals surface area contributed by atoms with Crippen molar-refractivity contribution in [3.63, 3.8) is 0 Å². The molecular formula is C11H13BrO2. The number of rotatable bonds is 3.